The van der Waals surface area contributed by atoms with Crippen LogP contribution in [0.3, 0.4) is 0 Å². The van der Waals surface area contributed by atoms with Gasteiger partial charge in [0.1, 0.15) is 0 Å². The fraction of sp³-hybridized carbons (Fsp3) is 0.900. The zero-order valence-electron chi connectivity index (χ0n) is 8.90. The molecular weight excluding hydrogens is 182 g/mol. The standard InChI is InChI=1S/C10H19NO3/c1-11-6-5-9(12)8(7-11)3-4-10(13)14-2/h8-9,12H,3-7H2,1-2H3. The number of hydrogen-bond donors (Lipinski definition) is 1. The Balaban J connectivity index is 2.30. The summed E-state index contributed by atoms with van der Waals surface area (Å²) in [7, 11) is 3.43. The van der Waals surface area contributed by atoms with Gasteiger partial charge in [-0.1, -0.05) is 0 Å². The number of ether oxygens (including phenoxy) is 1. The molecule has 0 radical (unpaired) electrons. The summed E-state index contributed by atoms with van der Waals surface area (Å²) in [6.45, 7) is 1.81. The average Bonchev–Trinajstić information content (AvgIpc) is 2.19. The van der Waals surface area contributed by atoms with Crippen molar-refractivity contribution in [2.24, 2.45) is 5.92 Å². The molecule has 0 saturated carbocycles. The summed E-state index contributed by atoms with van der Waals surface area (Å²) in [4.78, 5) is 13.1. The third kappa shape index (κ3) is 3.27. The van der Waals surface area contributed by atoms with E-state index in [0.29, 0.717) is 6.42 Å². The molecule has 1 aliphatic heterocycles. The number of nitrogens with zero attached hydrogens (tertiary/aromatic N) is 1. The quantitative estimate of drug-likeness (QED) is 0.665. The molecule has 2 atom stereocenters. The highest BCUT2D eigenvalue weighted by Crippen LogP contribution is 2.20. The molecule has 0 spiro atoms. The largest absolute Gasteiger partial charge is 0.469 e. The summed E-state index contributed by atoms with van der Waals surface area (Å²) >= 11 is 0. The van der Waals surface area contributed by atoms with Crippen LogP contribution in [-0.4, -0.2) is 49.3 Å². The van der Waals surface area contributed by atoms with Gasteiger partial charge in [-0.2, -0.15) is 0 Å². The highest BCUT2D eigenvalue weighted by molar-refractivity contribution is 5.69. The molecule has 0 aromatic rings. The minimum Gasteiger partial charge on any atom is -0.469 e. The second-order valence-electron chi connectivity index (χ2n) is 3.99. The molecule has 1 aliphatic rings. The van der Waals surface area contributed by atoms with Crippen molar-refractivity contribution < 1.29 is 14.6 Å². The van der Waals surface area contributed by atoms with E-state index in [2.05, 4.69) is 9.64 Å². The minimum absolute atomic E-state index is 0.189. The van der Waals surface area contributed by atoms with E-state index in [0.717, 1.165) is 25.9 Å². The van der Waals surface area contributed by atoms with Crippen molar-refractivity contribution in [2.75, 3.05) is 27.2 Å². The molecule has 0 amide bonds. The van der Waals surface area contributed by atoms with Crippen LogP contribution in [0.4, 0.5) is 0 Å². The normalized spacial score (nSPS) is 28.8. The van der Waals surface area contributed by atoms with Crippen molar-refractivity contribution in [1.29, 1.82) is 0 Å². The molecular formula is C10H19NO3. The van der Waals surface area contributed by atoms with Crippen LogP contribution in [0.25, 0.3) is 0 Å². The van der Waals surface area contributed by atoms with Gasteiger partial charge in [0.05, 0.1) is 13.2 Å². The fourth-order valence-electron chi connectivity index (χ4n) is 1.89. The summed E-state index contributed by atoms with van der Waals surface area (Å²) in [5.74, 6) is 0.0262. The molecule has 0 bridgehead atoms. The first-order chi connectivity index (χ1) is 6.63. The van der Waals surface area contributed by atoms with Gasteiger partial charge >= 0.3 is 5.97 Å². The molecule has 14 heavy (non-hydrogen) atoms. The first-order valence-corrected chi connectivity index (χ1v) is 5.07. The first-order valence-electron chi connectivity index (χ1n) is 5.07. The molecule has 0 aliphatic carbocycles. The predicted molar refractivity (Wildman–Crippen MR) is 52.9 cm³/mol. The van der Waals surface area contributed by atoms with E-state index in [9.17, 15) is 9.90 Å². The number of rotatable bonds is 3. The molecule has 1 saturated heterocycles. The van der Waals surface area contributed by atoms with Crippen LogP contribution in [0.1, 0.15) is 19.3 Å². The number of aliphatic hydroxyl groups excluding tert-OH is 1. The molecule has 0 aromatic heterocycles. The monoisotopic (exact) mass is 201 g/mol. The van der Waals surface area contributed by atoms with Crippen molar-refractivity contribution >= 4 is 5.97 Å². The predicted octanol–water partition coefficient (Wildman–Crippen LogP) is 0.252. The highest BCUT2D eigenvalue weighted by Gasteiger charge is 2.26. The molecule has 0 aromatic carbocycles. The SMILES string of the molecule is COC(=O)CCC1CN(C)CCC1O. The smallest absolute Gasteiger partial charge is 0.305 e. The zero-order valence-corrected chi connectivity index (χ0v) is 8.90. The summed E-state index contributed by atoms with van der Waals surface area (Å²) < 4.78 is 4.57. The molecule has 1 fully saturated rings. The van der Waals surface area contributed by atoms with Crippen LogP contribution in [0.15, 0.2) is 0 Å². The third-order valence-electron chi connectivity index (χ3n) is 2.84. The Bertz CT molecular complexity index is 196. The van der Waals surface area contributed by atoms with E-state index in [1.54, 1.807) is 0 Å². The number of carbonyl (C=O) groups excluding carboxylic acids is 1. The van der Waals surface area contributed by atoms with Crippen LogP contribution in [-0.2, 0) is 9.53 Å². The summed E-state index contributed by atoms with van der Waals surface area (Å²) in [5, 5.41) is 9.69. The summed E-state index contributed by atoms with van der Waals surface area (Å²) in [6, 6.07) is 0. The maximum Gasteiger partial charge on any atom is 0.305 e. The number of aliphatic hydroxyl groups is 1. The molecule has 4 nitrogen and oxygen atoms in total. The Morgan fingerprint density at radius 1 is 1.64 bits per heavy atom. The van der Waals surface area contributed by atoms with E-state index >= 15 is 0 Å². The lowest BCUT2D eigenvalue weighted by Gasteiger charge is -2.33. The van der Waals surface area contributed by atoms with Crippen LogP contribution in [0, 0.1) is 5.92 Å². The zero-order chi connectivity index (χ0) is 10.6. The van der Waals surface area contributed by atoms with E-state index in [1.165, 1.54) is 7.11 Å². The van der Waals surface area contributed by atoms with Gasteiger partial charge in [0, 0.05) is 19.5 Å². The minimum atomic E-state index is -0.254. The van der Waals surface area contributed by atoms with E-state index in [-0.39, 0.29) is 18.0 Å². The Labute approximate surface area is 84.8 Å². The Morgan fingerprint density at radius 3 is 3.00 bits per heavy atom. The Kier molecular flexibility index (Phi) is 4.35. The lowest BCUT2D eigenvalue weighted by Crippen LogP contribution is -2.41. The van der Waals surface area contributed by atoms with Gasteiger partial charge < -0.3 is 14.7 Å². The highest BCUT2D eigenvalue weighted by atomic mass is 16.5. The van der Waals surface area contributed by atoms with Crippen LogP contribution >= 0.6 is 0 Å². The van der Waals surface area contributed by atoms with Gasteiger partial charge in [-0.3, -0.25) is 4.79 Å². The van der Waals surface area contributed by atoms with E-state index in [4.69, 9.17) is 0 Å². The van der Waals surface area contributed by atoms with E-state index < -0.39 is 0 Å². The maximum absolute atomic E-state index is 10.9. The molecule has 82 valence electrons. The van der Waals surface area contributed by atoms with Crippen molar-refractivity contribution in [3.8, 4) is 0 Å². The van der Waals surface area contributed by atoms with Crippen molar-refractivity contribution in [3.63, 3.8) is 0 Å². The topological polar surface area (TPSA) is 49.8 Å². The molecule has 2 unspecified atom stereocenters. The van der Waals surface area contributed by atoms with Crippen LogP contribution in [0.5, 0.6) is 0 Å². The molecule has 1 N–H and O–H groups in total. The van der Waals surface area contributed by atoms with Gasteiger partial charge in [-0.15, -0.1) is 0 Å². The Hall–Kier alpha value is -0.610. The average molecular weight is 201 g/mol. The third-order valence-corrected chi connectivity index (χ3v) is 2.84. The van der Waals surface area contributed by atoms with Gasteiger partial charge in [-0.25, -0.2) is 0 Å². The number of likely N-dealkylation sites (tertiary alicyclic amines) is 1. The Morgan fingerprint density at radius 2 is 2.36 bits per heavy atom. The van der Waals surface area contributed by atoms with Crippen molar-refractivity contribution in [3.05, 3.63) is 0 Å². The summed E-state index contributed by atoms with van der Waals surface area (Å²) in [5.41, 5.74) is 0. The second-order valence-corrected chi connectivity index (χ2v) is 3.99. The molecule has 1 rings (SSSR count). The lowest BCUT2D eigenvalue weighted by molar-refractivity contribution is -0.141. The van der Waals surface area contributed by atoms with Crippen LogP contribution < -0.4 is 0 Å². The number of esters is 1. The molecule has 1 heterocycles. The summed E-state index contributed by atoms with van der Waals surface area (Å²) in [6.07, 6.45) is 1.68. The number of hydrogen-bond acceptors (Lipinski definition) is 4. The van der Waals surface area contributed by atoms with Gasteiger partial charge in [0.2, 0.25) is 0 Å². The lowest BCUT2D eigenvalue weighted by atomic mass is 9.91. The number of methoxy groups -OCH3 is 1. The number of carbonyl (C=O) groups is 1. The van der Waals surface area contributed by atoms with Gasteiger partial charge in [0.15, 0.2) is 0 Å². The molecule has 4 heteroatoms. The van der Waals surface area contributed by atoms with E-state index in [1.807, 2.05) is 7.05 Å². The first kappa shape index (κ1) is 11.5. The van der Waals surface area contributed by atoms with Crippen molar-refractivity contribution in [1.82, 2.24) is 4.90 Å². The van der Waals surface area contributed by atoms with Gasteiger partial charge in [0.25, 0.3) is 0 Å². The fourth-order valence-corrected chi connectivity index (χ4v) is 1.89. The number of piperidine rings is 1. The van der Waals surface area contributed by atoms with Crippen molar-refractivity contribution in [2.45, 2.75) is 25.4 Å². The maximum atomic E-state index is 10.9. The second kappa shape index (κ2) is 5.32. The van der Waals surface area contributed by atoms with Gasteiger partial charge in [-0.05, 0) is 25.8 Å². The van der Waals surface area contributed by atoms with Crippen LogP contribution in [0.2, 0.25) is 0 Å².